The van der Waals surface area contributed by atoms with Gasteiger partial charge in [0, 0.05) is 61.2 Å². The van der Waals surface area contributed by atoms with Gasteiger partial charge in [0.15, 0.2) is 11.3 Å². The van der Waals surface area contributed by atoms with Crippen molar-refractivity contribution >= 4 is 68.2 Å². The Hall–Kier alpha value is -5.60. The van der Waals surface area contributed by atoms with Crippen molar-refractivity contribution in [3.63, 3.8) is 0 Å². The van der Waals surface area contributed by atoms with Crippen LogP contribution in [0.2, 0.25) is 0 Å². The number of anilines is 4. The van der Waals surface area contributed by atoms with Crippen LogP contribution in [0.4, 0.5) is 22.7 Å². The van der Waals surface area contributed by atoms with E-state index in [1.807, 2.05) is 48.5 Å². The quantitative estimate of drug-likeness (QED) is 0.138. The summed E-state index contributed by atoms with van der Waals surface area (Å²) in [6.07, 6.45) is -2.77. The van der Waals surface area contributed by atoms with Crippen LogP contribution in [0.25, 0.3) is 21.5 Å². The highest BCUT2D eigenvalue weighted by molar-refractivity contribution is 6.08. The second-order valence-electron chi connectivity index (χ2n) is 13.6. The minimum Gasteiger partial charge on any atom is -0.851 e. The predicted molar refractivity (Wildman–Crippen MR) is 187 cm³/mol. The summed E-state index contributed by atoms with van der Waals surface area (Å²) < 4.78 is 21.6. The summed E-state index contributed by atoms with van der Waals surface area (Å²) in [4.78, 5) is 47.6. The van der Waals surface area contributed by atoms with Crippen molar-refractivity contribution in [1.82, 2.24) is 0 Å². The molecule has 272 valence electrons. The first-order valence-electron chi connectivity index (χ1n) is 16.9. The molecule has 4 N–H and O–H groups in total. The Labute approximate surface area is 298 Å². The van der Waals surface area contributed by atoms with Gasteiger partial charge in [-0.2, -0.15) is 0 Å². The van der Waals surface area contributed by atoms with Gasteiger partial charge in [0.2, 0.25) is 0 Å². The zero-order valence-electron chi connectivity index (χ0n) is 29.0. The van der Waals surface area contributed by atoms with Crippen molar-refractivity contribution in [2.75, 3.05) is 47.7 Å². The molecule has 1 aliphatic carbocycles. The van der Waals surface area contributed by atoms with Crippen molar-refractivity contribution in [3.8, 4) is 0 Å². The molecule has 2 heterocycles. The second kappa shape index (κ2) is 13.2. The van der Waals surface area contributed by atoms with Crippen LogP contribution in [0, 0.1) is 0 Å². The number of nitrogens with one attached hydrogen (secondary N) is 4. The number of esters is 4. The number of carbonyl (C=O) groups excluding carboxylic acids is 4. The lowest BCUT2D eigenvalue weighted by atomic mass is 9.62. The minimum atomic E-state index is -1.38. The molecule has 1 saturated carbocycles. The Morgan fingerprint density at radius 2 is 0.885 bits per heavy atom. The van der Waals surface area contributed by atoms with E-state index in [2.05, 4.69) is 21.3 Å². The average Bonchev–Trinajstić information content (AvgIpc) is 3.10. The summed E-state index contributed by atoms with van der Waals surface area (Å²) in [5, 5.41) is 45.5. The molecule has 7 rings (SSSR count). The lowest BCUT2D eigenvalue weighted by Gasteiger charge is -2.62. The summed E-state index contributed by atoms with van der Waals surface area (Å²) in [6.45, 7) is 4.19. The topological polar surface area (TPSA) is 199 Å². The highest BCUT2D eigenvalue weighted by Gasteiger charge is 2.46. The maximum Gasteiger partial charge on any atom is 0.302 e. The molecule has 1 fully saturated rings. The average molecular weight is 711 g/mol. The number of hydrogen-bond acceptors (Lipinski definition) is 14. The number of hydrogen-bond donors (Lipinski definition) is 4. The van der Waals surface area contributed by atoms with Crippen LogP contribution in [0.15, 0.2) is 60.7 Å². The molecule has 4 aromatic carbocycles. The number of benzene rings is 4. The van der Waals surface area contributed by atoms with Crippen LogP contribution in [0.3, 0.4) is 0 Å². The van der Waals surface area contributed by atoms with Gasteiger partial charge >= 0.3 is 23.9 Å². The Morgan fingerprint density at radius 3 is 1.21 bits per heavy atom. The van der Waals surface area contributed by atoms with Crippen LogP contribution in [-0.2, 0) is 38.1 Å². The van der Waals surface area contributed by atoms with Crippen molar-refractivity contribution in [3.05, 3.63) is 71.8 Å². The predicted octanol–water partition coefficient (Wildman–Crippen LogP) is 2.65. The highest BCUT2D eigenvalue weighted by Crippen LogP contribution is 2.54. The molecular formula is C38H38N4O10-2. The fraction of sp³-hybridized carbons (Fsp3) is 0.368. The van der Waals surface area contributed by atoms with Crippen LogP contribution < -0.4 is 31.5 Å². The molecule has 0 unspecified atom stereocenters. The van der Waals surface area contributed by atoms with E-state index >= 15 is 0 Å². The molecule has 4 aromatic rings. The number of ether oxygens (including phenoxy) is 4. The zero-order chi connectivity index (χ0) is 36.9. The lowest BCUT2D eigenvalue weighted by molar-refractivity contribution is -0.535. The van der Waals surface area contributed by atoms with E-state index in [0.717, 1.165) is 21.5 Å². The maximum absolute atomic E-state index is 14.5. The summed E-state index contributed by atoms with van der Waals surface area (Å²) in [7, 11) is 0. The molecule has 2 aliphatic heterocycles. The summed E-state index contributed by atoms with van der Waals surface area (Å²) in [6, 6.07) is 18.4. The third-order valence-corrected chi connectivity index (χ3v) is 9.85. The normalized spacial score (nSPS) is 21.7. The first kappa shape index (κ1) is 34.8. The molecule has 0 aromatic heterocycles. The van der Waals surface area contributed by atoms with Crippen molar-refractivity contribution in [2.45, 2.75) is 63.1 Å². The molecule has 0 spiro atoms. The standard InChI is InChI=1S/C38H38N4O10/c1-19(43)49-15-37(16-50-20(2)44)39-27-9-5-7-23-11-13-25(33(41-37)29(23)27)31-35(47)32(36(31)48)26-14-12-24-8-6-10-28-30(24)34(26)42-38(40-28,17-51-21(3)45)18-52-22(4)46/h5-14,31-32,35-36,39-42H,15-18H2,1-4H3/q-2. The maximum atomic E-state index is 14.5. The van der Waals surface area contributed by atoms with E-state index in [-0.39, 0.29) is 26.4 Å². The fourth-order valence-electron chi connectivity index (χ4n) is 7.53. The minimum absolute atomic E-state index is 0.223. The van der Waals surface area contributed by atoms with Gasteiger partial charge in [0.25, 0.3) is 0 Å². The summed E-state index contributed by atoms with van der Waals surface area (Å²) in [5.74, 6) is -4.12. The molecule has 0 radical (unpaired) electrons. The van der Waals surface area contributed by atoms with Crippen LogP contribution in [0.5, 0.6) is 0 Å². The van der Waals surface area contributed by atoms with Crippen LogP contribution in [0.1, 0.15) is 50.7 Å². The molecule has 0 amide bonds. The molecule has 14 nitrogen and oxygen atoms in total. The summed E-state index contributed by atoms with van der Waals surface area (Å²) in [5.41, 5.74) is 0.731. The summed E-state index contributed by atoms with van der Waals surface area (Å²) >= 11 is 0. The van der Waals surface area contributed by atoms with Gasteiger partial charge < -0.3 is 50.4 Å². The second-order valence-corrected chi connectivity index (χ2v) is 13.6. The van der Waals surface area contributed by atoms with Crippen molar-refractivity contribution in [2.24, 2.45) is 0 Å². The molecule has 0 saturated heterocycles. The van der Waals surface area contributed by atoms with Crippen LogP contribution >= 0.6 is 0 Å². The molecular weight excluding hydrogens is 672 g/mol. The smallest absolute Gasteiger partial charge is 0.302 e. The fourth-order valence-corrected chi connectivity index (χ4v) is 7.53. The number of rotatable bonds is 10. The van der Waals surface area contributed by atoms with Gasteiger partial charge in [-0.1, -0.05) is 48.5 Å². The van der Waals surface area contributed by atoms with Gasteiger partial charge in [0.05, 0.1) is 0 Å². The lowest BCUT2D eigenvalue weighted by Crippen LogP contribution is -2.64. The zero-order valence-corrected chi connectivity index (χ0v) is 29.0. The Morgan fingerprint density at radius 1 is 0.538 bits per heavy atom. The van der Waals surface area contributed by atoms with Gasteiger partial charge in [-0.15, -0.1) is 12.2 Å². The van der Waals surface area contributed by atoms with E-state index < -0.39 is 59.2 Å². The first-order valence-corrected chi connectivity index (χ1v) is 16.9. The SMILES string of the molecule is CC(=O)OCC1(COC(C)=O)Nc2cccc3ccc(C4C([O-])C(c5ccc6cccc7c6c5NC(COC(C)=O)(COC(C)=O)N7)C4[O-])c(c23)N1. The van der Waals surface area contributed by atoms with Gasteiger partial charge in [-0.3, -0.25) is 19.2 Å². The molecule has 14 heteroatoms. The van der Waals surface area contributed by atoms with E-state index in [1.165, 1.54) is 27.7 Å². The van der Waals surface area contributed by atoms with E-state index in [0.29, 0.717) is 33.9 Å². The molecule has 52 heavy (non-hydrogen) atoms. The highest BCUT2D eigenvalue weighted by atomic mass is 16.6. The Balaban J connectivity index is 1.28. The molecule has 3 aliphatic rings. The van der Waals surface area contributed by atoms with Crippen molar-refractivity contribution < 1.29 is 48.3 Å². The number of carbonyl (C=O) groups is 4. The van der Waals surface area contributed by atoms with Gasteiger partial charge in [-0.25, -0.2) is 0 Å². The first-order chi connectivity index (χ1) is 24.8. The third kappa shape index (κ3) is 6.17. The van der Waals surface area contributed by atoms with Crippen LogP contribution in [-0.4, -0.2) is 73.8 Å². The van der Waals surface area contributed by atoms with E-state index in [1.54, 1.807) is 12.1 Å². The van der Waals surface area contributed by atoms with Gasteiger partial charge in [-0.05, 0) is 45.9 Å². The van der Waals surface area contributed by atoms with E-state index in [4.69, 9.17) is 18.9 Å². The largest absolute Gasteiger partial charge is 0.851 e. The monoisotopic (exact) mass is 710 g/mol. The van der Waals surface area contributed by atoms with E-state index in [9.17, 15) is 29.4 Å². The molecule has 0 atom stereocenters. The third-order valence-electron chi connectivity index (χ3n) is 9.85. The molecule has 0 bridgehead atoms. The van der Waals surface area contributed by atoms with Gasteiger partial charge in [0.1, 0.15) is 26.4 Å². The Kier molecular flexibility index (Phi) is 8.83. The van der Waals surface area contributed by atoms with Crippen molar-refractivity contribution in [1.29, 1.82) is 0 Å². The Bertz CT molecular complexity index is 1930.